The molecule has 3 amide bonds. The lowest BCUT2D eigenvalue weighted by atomic mass is 10.1. The van der Waals surface area contributed by atoms with E-state index in [1.165, 1.54) is 16.7 Å². The Balaban J connectivity index is 2.00. The van der Waals surface area contributed by atoms with E-state index < -0.39 is 36.4 Å². The molecule has 0 spiro atoms. The third kappa shape index (κ3) is 6.64. The van der Waals surface area contributed by atoms with Crippen molar-refractivity contribution in [1.82, 2.24) is 15.5 Å². The van der Waals surface area contributed by atoms with Crippen LogP contribution >= 0.6 is 0 Å². The Kier molecular flexibility index (Phi) is 8.72. The number of carboxylic acids is 1. The van der Waals surface area contributed by atoms with E-state index in [9.17, 15) is 24.0 Å². The van der Waals surface area contributed by atoms with Gasteiger partial charge in [0.05, 0.1) is 12.5 Å². The van der Waals surface area contributed by atoms with Gasteiger partial charge in [-0.05, 0) is 37.5 Å². The highest BCUT2D eigenvalue weighted by molar-refractivity contribution is 5.93. The Hall–Kier alpha value is -3.69. The van der Waals surface area contributed by atoms with Crippen molar-refractivity contribution >= 4 is 41.4 Å². The minimum absolute atomic E-state index is 0.0921. The summed E-state index contributed by atoms with van der Waals surface area (Å²) < 4.78 is 0. The van der Waals surface area contributed by atoms with Crippen LogP contribution in [-0.2, 0) is 24.0 Å². The Morgan fingerprint density at radius 3 is 2.42 bits per heavy atom. The van der Waals surface area contributed by atoms with E-state index in [1.807, 2.05) is 0 Å². The minimum Gasteiger partial charge on any atom is -0.481 e. The lowest BCUT2D eigenvalue weighted by Crippen LogP contribution is -2.53. The molecule has 0 aliphatic carbocycles. The number of hydrogen-bond acceptors (Lipinski definition) is 6. The van der Waals surface area contributed by atoms with Crippen LogP contribution < -0.4 is 15.5 Å². The molecular formula is C23H30N4O6. The third-order valence-electron chi connectivity index (χ3n) is 5.56. The van der Waals surface area contributed by atoms with Crippen LogP contribution in [-0.4, -0.2) is 71.7 Å². The third-order valence-corrected chi connectivity index (χ3v) is 5.56. The van der Waals surface area contributed by atoms with Crippen LogP contribution in [0.2, 0.25) is 0 Å². The summed E-state index contributed by atoms with van der Waals surface area (Å²) in [7, 11) is 1.67. The molecule has 1 fully saturated rings. The van der Waals surface area contributed by atoms with Crippen molar-refractivity contribution in [2.75, 3.05) is 18.5 Å². The van der Waals surface area contributed by atoms with Crippen LogP contribution in [0.4, 0.5) is 5.69 Å². The zero-order chi connectivity index (χ0) is 24.7. The number of aliphatic carboxylic acids is 1. The van der Waals surface area contributed by atoms with Gasteiger partial charge in [-0.1, -0.05) is 18.7 Å². The van der Waals surface area contributed by atoms with Gasteiger partial charge in [-0.3, -0.25) is 19.2 Å². The SMILES string of the molecule is C=C(N[C@@H](C)C(=O)N1CCC[C@H]1C(=O)N[C@H](C=O)CC(=O)O)c1ccc(N(C)C(C)=O)cc1. The monoisotopic (exact) mass is 458 g/mol. The molecule has 1 aliphatic heterocycles. The van der Waals surface area contributed by atoms with Gasteiger partial charge in [-0.25, -0.2) is 0 Å². The van der Waals surface area contributed by atoms with Crippen molar-refractivity contribution in [3.05, 3.63) is 36.4 Å². The number of carbonyl (C=O) groups is 5. The molecule has 1 saturated heterocycles. The number of aldehydes is 1. The van der Waals surface area contributed by atoms with Gasteiger partial charge in [0.1, 0.15) is 18.4 Å². The van der Waals surface area contributed by atoms with E-state index in [-0.39, 0.29) is 11.8 Å². The first-order chi connectivity index (χ1) is 15.5. The highest BCUT2D eigenvalue weighted by atomic mass is 16.4. The summed E-state index contributed by atoms with van der Waals surface area (Å²) in [6.07, 6.45) is 0.901. The first-order valence-electron chi connectivity index (χ1n) is 10.6. The molecule has 33 heavy (non-hydrogen) atoms. The molecule has 0 unspecified atom stereocenters. The second-order valence-corrected chi connectivity index (χ2v) is 8.01. The Morgan fingerprint density at radius 2 is 1.88 bits per heavy atom. The molecule has 3 atom stereocenters. The highest BCUT2D eigenvalue weighted by Gasteiger charge is 2.36. The van der Waals surface area contributed by atoms with Gasteiger partial charge in [0, 0.05) is 31.9 Å². The van der Waals surface area contributed by atoms with E-state index in [1.54, 1.807) is 38.2 Å². The zero-order valence-electron chi connectivity index (χ0n) is 19.0. The number of amides is 3. The molecular weight excluding hydrogens is 428 g/mol. The normalized spacial score (nSPS) is 16.9. The summed E-state index contributed by atoms with van der Waals surface area (Å²) in [5.41, 5.74) is 1.98. The first-order valence-corrected chi connectivity index (χ1v) is 10.6. The van der Waals surface area contributed by atoms with E-state index in [4.69, 9.17) is 5.11 Å². The van der Waals surface area contributed by atoms with Crippen LogP contribution in [0.25, 0.3) is 5.70 Å². The number of nitrogens with zero attached hydrogens (tertiary/aromatic N) is 2. The molecule has 1 aromatic carbocycles. The molecule has 1 aliphatic rings. The van der Waals surface area contributed by atoms with E-state index in [0.29, 0.717) is 31.4 Å². The molecule has 2 rings (SSSR count). The quantitative estimate of drug-likeness (QED) is 0.441. The predicted octanol–water partition coefficient (Wildman–Crippen LogP) is 0.768. The molecule has 0 bridgehead atoms. The Bertz CT molecular complexity index is 929. The molecule has 3 N–H and O–H groups in total. The average molecular weight is 459 g/mol. The number of nitrogens with one attached hydrogen (secondary N) is 2. The maximum atomic E-state index is 13.0. The molecule has 10 nitrogen and oxygen atoms in total. The number of benzene rings is 1. The van der Waals surface area contributed by atoms with Gasteiger partial charge < -0.3 is 30.3 Å². The second kappa shape index (κ2) is 11.3. The Labute approximate surface area is 192 Å². The summed E-state index contributed by atoms with van der Waals surface area (Å²) in [4.78, 5) is 61.9. The second-order valence-electron chi connectivity index (χ2n) is 8.01. The van der Waals surface area contributed by atoms with Crippen molar-refractivity contribution in [2.45, 2.75) is 51.2 Å². The van der Waals surface area contributed by atoms with E-state index in [2.05, 4.69) is 17.2 Å². The Morgan fingerprint density at radius 1 is 1.24 bits per heavy atom. The fourth-order valence-corrected chi connectivity index (χ4v) is 3.63. The van der Waals surface area contributed by atoms with Gasteiger partial charge in [0.2, 0.25) is 17.7 Å². The standard InChI is InChI=1S/C23H30N4O6/c1-14(17-7-9-19(10-8-17)26(4)16(3)29)24-15(2)23(33)27-11-5-6-20(27)22(32)25-18(13-28)12-21(30)31/h7-10,13,15,18,20,24H,1,5-6,11-12H2,2-4H3,(H,25,32)(H,30,31)/t15-,18-,20-/m0/s1. The van der Waals surface area contributed by atoms with Crippen LogP contribution in [0.15, 0.2) is 30.8 Å². The molecule has 10 heteroatoms. The fraction of sp³-hybridized carbons (Fsp3) is 0.435. The largest absolute Gasteiger partial charge is 0.481 e. The van der Waals surface area contributed by atoms with Gasteiger partial charge >= 0.3 is 5.97 Å². The molecule has 0 saturated carbocycles. The average Bonchev–Trinajstić information content (AvgIpc) is 3.27. The molecule has 1 aromatic rings. The highest BCUT2D eigenvalue weighted by Crippen LogP contribution is 2.21. The number of anilines is 1. The van der Waals surface area contributed by atoms with Crippen LogP contribution in [0.3, 0.4) is 0 Å². The summed E-state index contributed by atoms with van der Waals surface area (Å²) in [6, 6.07) is 4.53. The summed E-state index contributed by atoms with van der Waals surface area (Å²) in [5, 5.41) is 14.3. The van der Waals surface area contributed by atoms with Gasteiger partial charge in [-0.2, -0.15) is 0 Å². The molecule has 178 valence electrons. The minimum atomic E-state index is -1.20. The van der Waals surface area contributed by atoms with Crippen molar-refractivity contribution in [3.8, 4) is 0 Å². The number of rotatable bonds is 10. The van der Waals surface area contributed by atoms with Crippen molar-refractivity contribution in [2.24, 2.45) is 0 Å². The zero-order valence-corrected chi connectivity index (χ0v) is 19.0. The van der Waals surface area contributed by atoms with Crippen LogP contribution in [0.5, 0.6) is 0 Å². The number of carboxylic acid groups (broad SMARTS) is 1. The summed E-state index contributed by atoms with van der Waals surface area (Å²) >= 11 is 0. The lowest BCUT2D eigenvalue weighted by Gasteiger charge is -2.28. The van der Waals surface area contributed by atoms with Gasteiger partial charge in [0.15, 0.2) is 0 Å². The van der Waals surface area contributed by atoms with Gasteiger partial charge in [-0.15, -0.1) is 0 Å². The number of likely N-dealkylation sites (tertiary alicyclic amines) is 1. The first kappa shape index (κ1) is 25.6. The summed E-state index contributed by atoms with van der Waals surface area (Å²) in [6.45, 7) is 7.50. The molecule has 0 aromatic heterocycles. The number of carbonyl (C=O) groups excluding carboxylic acids is 4. The van der Waals surface area contributed by atoms with Crippen molar-refractivity contribution < 1.29 is 29.1 Å². The van der Waals surface area contributed by atoms with Crippen LogP contribution in [0, 0.1) is 0 Å². The smallest absolute Gasteiger partial charge is 0.305 e. The lowest BCUT2D eigenvalue weighted by molar-refractivity contribution is -0.141. The predicted molar refractivity (Wildman–Crippen MR) is 122 cm³/mol. The topological polar surface area (TPSA) is 136 Å². The van der Waals surface area contributed by atoms with Crippen molar-refractivity contribution in [1.29, 1.82) is 0 Å². The van der Waals surface area contributed by atoms with Crippen molar-refractivity contribution in [3.63, 3.8) is 0 Å². The molecule has 1 heterocycles. The fourth-order valence-electron chi connectivity index (χ4n) is 3.63. The molecule has 0 radical (unpaired) electrons. The van der Waals surface area contributed by atoms with Gasteiger partial charge in [0.25, 0.3) is 0 Å². The van der Waals surface area contributed by atoms with E-state index in [0.717, 1.165) is 11.3 Å². The van der Waals surface area contributed by atoms with Crippen LogP contribution in [0.1, 0.15) is 38.7 Å². The maximum absolute atomic E-state index is 13.0. The maximum Gasteiger partial charge on any atom is 0.305 e. The van der Waals surface area contributed by atoms with E-state index >= 15 is 0 Å². The number of hydrogen-bond donors (Lipinski definition) is 3. The summed E-state index contributed by atoms with van der Waals surface area (Å²) in [5.74, 6) is -2.15.